The van der Waals surface area contributed by atoms with Gasteiger partial charge in [0.05, 0.1) is 0 Å². The summed E-state index contributed by atoms with van der Waals surface area (Å²) < 4.78 is 5.07. The molecule has 0 aliphatic carbocycles. The van der Waals surface area contributed by atoms with Gasteiger partial charge in [0.15, 0.2) is 0 Å². The molecule has 0 amide bonds. The van der Waals surface area contributed by atoms with E-state index in [9.17, 15) is 0 Å². The summed E-state index contributed by atoms with van der Waals surface area (Å²) in [5.74, 6) is 0.538. The third-order valence-electron chi connectivity index (χ3n) is 2.92. The zero-order chi connectivity index (χ0) is 12.5. The summed E-state index contributed by atoms with van der Waals surface area (Å²) in [5.41, 5.74) is 1.32. The van der Waals surface area contributed by atoms with Crippen molar-refractivity contribution in [3.05, 3.63) is 34.9 Å². The standard InChI is InChI=1S/C14H22ClNO/c1-16-11-13(6-3-4-9-17-2)12-7-5-8-14(15)10-12/h5,7-8,10,13,16H,3-4,6,9,11H2,1-2H3. The molecular weight excluding hydrogens is 234 g/mol. The minimum atomic E-state index is 0.538. The van der Waals surface area contributed by atoms with Crippen LogP contribution in [0.1, 0.15) is 30.7 Å². The first-order valence-corrected chi connectivity index (χ1v) is 6.54. The lowest BCUT2D eigenvalue weighted by molar-refractivity contribution is 0.191. The van der Waals surface area contributed by atoms with E-state index in [-0.39, 0.29) is 0 Å². The number of unbranched alkanes of at least 4 members (excludes halogenated alkanes) is 1. The fourth-order valence-electron chi connectivity index (χ4n) is 2.03. The zero-order valence-corrected chi connectivity index (χ0v) is 11.5. The van der Waals surface area contributed by atoms with Crippen LogP contribution in [0.2, 0.25) is 5.02 Å². The minimum absolute atomic E-state index is 0.538. The van der Waals surface area contributed by atoms with Crippen molar-refractivity contribution in [1.82, 2.24) is 5.32 Å². The van der Waals surface area contributed by atoms with Crippen molar-refractivity contribution in [2.75, 3.05) is 27.3 Å². The number of hydrogen-bond acceptors (Lipinski definition) is 2. The van der Waals surface area contributed by atoms with Crippen molar-refractivity contribution in [1.29, 1.82) is 0 Å². The zero-order valence-electron chi connectivity index (χ0n) is 10.7. The normalized spacial score (nSPS) is 12.6. The fourth-order valence-corrected chi connectivity index (χ4v) is 2.23. The third-order valence-corrected chi connectivity index (χ3v) is 3.16. The van der Waals surface area contributed by atoms with Crippen LogP contribution in [0.4, 0.5) is 0 Å². The Balaban J connectivity index is 2.52. The van der Waals surface area contributed by atoms with E-state index in [1.165, 1.54) is 18.4 Å². The average molecular weight is 256 g/mol. The summed E-state index contributed by atoms with van der Waals surface area (Å²) in [4.78, 5) is 0. The largest absolute Gasteiger partial charge is 0.385 e. The van der Waals surface area contributed by atoms with Crippen LogP contribution in [0.5, 0.6) is 0 Å². The Labute approximate surface area is 109 Å². The predicted octanol–water partition coefficient (Wildman–Crippen LogP) is 3.46. The molecule has 0 aliphatic heterocycles. The van der Waals surface area contributed by atoms with E-state index in [1.54, 1.807) is 7.11 Å². The van der Waals surface area contributed by atoms with Crippen LogP contribution < -0.4 is 5.32 Å². The molecule has 1 N–H and O–H groups in total. The average Bonchev–Trinajstić information content (AvgIpc) is 2.33. The molecule has 0 heterocycles. The van der Waals surface area contributed by atoms with Crippen LogP contribution in [-0.2, 0) is 4.74 Å². The van der Waals surface area contributed by atoms with Gasteiger partial charge in [-0.15, -0.1) is 0 Å². The molecular formula is C14H22ClNO. The molecule has 17 heavy (non-hydrogen) atoms. The highest BCUT2D eigenvalue weighted by atomic mass is 35.5. The molecule has 0 saturated heterocycles. The maximum Gasteiger partial charge on any atom is 0.0462 e. The van der Waals surface area contributed by atoms with Crippen LogP contribution in [-0.4, -0.2) is 27.3 Å². The van der Waals surface area contributed by atoms with E-state index >= 15 is 0 Å². The Morgan fingerprint density at radius 3 is 2.82 bits per heavy atom. The quantitative estimate of drug-likeness (QED) is 0.719. The van der Waals surface area contributed by atoms with Crippen molar-refractivity contribution >= 4 is 11.6 Å². The maximum atomic E-state index is 6.03. The van der Waals surface area contributed by atoms with Crippen LogP contribution >= 0.6 is 11.6 Å². The van der Waals surface area contributed by atoms with Gasteiger partial charge in [-0.1, -0.05) is 30.2 Å². The van der Waals surface area contributed by atoms with Gasteiger partial charge in [-0.2, -0.15) is 0 Å². The molecule has 3 heteroatoms. The summed E-state index contributed by atoms with van der Waals surface area (Å²) in [6.45, 7) is 1.84. The lowest BCUT2D eigenvalue weighted by atomic mass is 9.93. The topological polar surface area (TPSA) is 21.3 Å². The van der Waals surface area contributed by atoms with Gasteiger partial charge in [-0.25, -0.2) is 0 Å². The molecule has 0 bridgehead atoms. The van der Waals surface area contributed by atoms with E-state index in [0.717, 1.165) is 24.6 Å². The van der Waals surface area contributed by atoms with Crippen molar-refractivity contribution in [3.8, 4) is 0 Å². The number of hydrogen-bond donors (Lipinski definition) is 1. The van der Waals surface area contributed by atoms with Gasteiger partial charge in [-0.05, 0) is 43.5 Å². The number of benzene rings is 1. The Morgan fingerprint density at radius 1 is 1.35 bits per heavy atom. The molecule has 2 nitrogen and oxygen atoms in total. The lowest BCUT2D eigenvalue weighted by Gasteiger charge is -2.17. The van der Waals surface area contributed by atoms with Gasteiger partial charge in [-0.3, -0.25) is 0 Å². The molecule has 96 valence electrons. The number of rotatable bonds is 8. The molecule has 0 aliphatic rings. The summed E-state index contributed by atoms with van der Waals surface area (Å²) >= 11 is 6.03. The molecule has 0 saturated carbocycles. The van der Waals surface area contributed by atoms with E-state index in [0.29, 0.717) is 5.92 Å². The van der Waals surface area contributed by atoms with E-state index in [1.807, 2.05) is 19.2 Å². The minimum Gasteiger partial charge on any atom is -0.385 e. The monoisotopic (exact) mass is 255 g/mol. The predicted molar refractivity (Wildman–Crippen MR) is 73.8 cm³/mol. The number of nitrogens with one attached hydrogen (secondary N) is 1. The second-order valence-corrected chi connectivity index (χ2v) is 4.73. The Morgan fingerprint density at radius 2 is 2.18 bits per heavy atom. The summed E-state index contributed by atoms with van der Waals surface area (Å²) in [6.07, 6.45) is 3.48. The fraction of sp³-hybridized carbons (Fsp3) is 0.571. The van der Waals surface area contributed by atoms with Gasteiger partial charge in [0.25, 0.3) is 0 Å². The summed E-state index contributed by atoms with van der Waals surface area (Å²) in [7, 11) is 3.74. The summed E-state index contributed by atoms with van der Waals surface area (Å²) in [6, 6.07) is 8.17. The second kappa shape index (κ2) is 8.51. The van der Waals surface area contributed by atoms with E-state index in [4.69, 9.17) is 16.3 Å². The Hall–Kier alpha value is -0.570. The van der Waals surface area contributed by atoms with Crippen molar-refractivity contribution in [2.45, 2.75) is 25.2 Å². The SMILES string of the molecule is CNCC(CCCCOC)c1cccc(Cl)c1. The van der Waals surface area contributed by atoms with Crippen molar-refractivity contribution < 1.29 is 4.74 Å². The van der Waals surface area contributed by atoms with Crippen LogP contribution in [0.25, 0.3) is 0 Å². The number of halogens is 1. The molecule has 1 aromatic rings. The number of ether oxygens (including phenoxy) is 1. The number of likely N-dealkylation sites (N-methyl/N-ethyl adjacent to an activating group) is 1. The second-order valence-electron chi connectivity index (χ2n) is 4.30. The van der Waals surface area contributed by atoms with Crippen LogP contribution in [0, 0.1) is 0 Å². The first kappa shape index (κ1) is 14.5. The molecule has 0 radical (unpaired) electrons. The van der Waals surface area contributed by atoms with Gasteiger partial charge >= 0.3 is 0 Å². The smallest absolute Gasteiger partial charge is 0.0462 e. The molecule has 1 atom stereocenters. The van der Waals surface area contributed by atoms with Crippen LogP contribution in [0.3, 0.4) is 0 Å². The Bertz CT molecular complexity index is 317. The highest BCUT2D eigenvalue weighted by molar-refractivity contribution is 6.30. The van der Waals surface area contributed by atoms with Gasteiger partial charge in [0.2, 0.25) is 0 Å². The van der Waals surface area contributed by atoms with E-state index < -0.39 is 0 Å². The highest BCUT2D eigenvalue weighted by Gasteiger charge is 2.10. The van der Waals surface area contributed by atoms with Crippen molar-refractivity contribution in [3.63, 3.8) is 0 Å². The highest BCUT2D eigenvalue weighted by Crippen LogP contribution is 2.24. The van der Waals surface area contributed by atoms with Gasteiger partial charge in [0, 0.05) is 25.3 Å². The van der Waals surface area contributed by atoms with Crippen molar-refractivity contribution in [2.24, 2.45) is 0 Å². The molecule has 1 aromatic carbocycles. The molecule has 0 aromatic heterocycles. The number of methoxy groups -OCH3 is 1. The molecule has 1 rings (SSSR count). The molecule has 0 fully saturated rings. The maximum absolute atomic E-state index is 6.03. The summed E-state index contributed by atoms with van der Waals surface area (Å²) in [5, 5.41) is 4.07. The first-order valence-electron chi connectivity index (χ1n) is 6.17. The third kappa shape index (κ3) is 5.53. The van der Waals surface area contributed by atoms with Gasteiger partial charge < -0.3 is 10.1 Å². The Kier molecular flexibility index (Phi) is 7.25. The lowest BCUT2D eigenvalue weighted by Crippen LogP contribution is -2.17. The van der Waals surface area contributed by atoms with Crippen LogP contribution in [0.15, 0.2) is 24.3 Å². The van der Waals surface area contributed by atoms with E-state index in [2.05, 4.69) is 17.4 Å². The first-order chi connectivity index (χ1) is 8.27. The van der Waals surface area contributed by atoms with Gasteiger partial charge in [0.1, 0.15) is 0 Å². The molecule has 1 unspecified atom stereocenters. The molecule has 0 spiro atoms.